The van der Waals surface area contributed by atoms with Gasteiger partial charge in [0.05, 0.1) is 13.5 Å². The molecule has 3 nitrogen and oxygen atoms in total. The Morgan fingerprint density at radius 1 is 1.22 bits per heavy atom. The normalized spacial score (nSPS) is 16.2. The molecule has 1 fully saturated rings. The number of benzene rings is 1. The van der Waals surface area contributed by atoms with Crippen LogP contribution in [0.25, 0.3) is 0 Å². The van der Waals surface area contributed by atoms with Gasteiger partial charge in [0.25, 0.3) is 0 Å². The number of hydrogen-bond acceptors (Lipinski definition) is 3. The molecule has 3 rings (SSSR count). The van der Waals surface area contributed by atoms with Crippen molar-refractivity contribution in [1.82, 2.24) is 5.32 Å². The Balaban J connectivity index is 1.67. The fraction of sp³-hybridized carbons (Fsp3) is 0.421. The number of nitrogens with one attached hydrogen (secondary N) is 1. The molecule has 2 aromatic rings. The van der Waals surface area contributed by atoms with E-state index in [1.165, 1.54) is 18.4 Å². The molecule has 122 valence electrons. The summed E-state index contributed by atoms with van der Waals surface area (Å²) < 4.78 is 5.25. The van der Waals surface area contributed by atoms with Gasteiger partial charge in [-0.1, -0.05) is 31.0 Å². The average Bonchev–Trinajstić information content (AvgIpc) is 3.25. The van der Waals surface area contributed by atoms with E-state index in [4.69, 9.17) is 4.74 Å². The third kappa shape index (κ3) is 3.75. The molecule has 0 aliphatic heterocycles. The van der Waals surface area contributed by atoms with Crippen molar-refractivity contribution in [3.05, 3.63) is 52.2 Å². The van der Waals surface area contributed by atoms with E-state index in [0.29, 0.717) is 6.42 Å². The lowest BCUT2D eigenvalue weighted by Gasteiger charge is -2.30. The van der Waals surface area contributed by atoms with Crippen LogP contribution in [-0.4, -0.2) is 19.6 Å². The summed E-state index contributed by atoms with van der Waals surface area (Å²) in [7, 11) is 1.69. The van der Waals surface area contributed by atoms with Crippen molar-refractivity contribution in [3.63, 3.8) is 0 Å². The highest BCUT2D eigenvalue weighted by molar-refractivity contribution is 7.10. The van der Waals surface area contributed by atoms with Gasteiger partial charge < -0.3 is 10.1 Å². The SMILES string of the molecule is COc1ccc(C2(CNC(=O)Cc3cccs3)CCCC2)cc1. The molecule has 4 heteroatoms. The van der Waals surface area contributed by atoms with E-state index < -0.39 is 0 Å². The van der Waals surface area contributed by atoms with Gasteiger partial charge in [0.15, 0.2) is 0 Å². The summed E-state index contributed by atoms with van der Waals surface area (Å²) in [5, 5.41) is 5.18. The molecule has 0 atom stereocenters. The van der Waals surface area contributed by atoms with Crippen molar-refractivity contribution in [2.75, 3.05) is 13.7 Å². The van der Waals surface area contributed by atoms with Crippen LogP contribution in [0, 0.1) is 0 Å². The van der Waals surface area contributed by atoms with Crippen molar-refractivity contribution in [3.8, 4) is 5.75 Å². The molecule has 1 aliphatic rings. The van der Waals surface area contributed by atoms with Gasteiger partial charge in [-0.2, -0.15) is 0 Å². The predicted molar refractivity (Wildman–Crippen MR) is 94.2 cm³/mol. The minimum Gasteiger partial charge on any atom is -0.497 e. The minimum atomic E-state index is 0.0807. The lowest BCUT2D eigenvalue weighted by Crippen LogP contribution is -2.39. The number of thiophene rings is 1. The van der Waals surface area contributed by atoms with Crippen LogP contribution in [0.3, 0.4) is 0 Å². The average molecular weight is 329 g/mol. The summed E-state index contributed by atoms with van der Waals surface area (Å²) in [5.74, 6) is 0.996. The fourth-order valence-electron chi connectivity index (χ4n) is 3.47. The summed E-state index contributed by atoms with van der Waals surface area (Å²) in [4.78, 5) is 13.3. The Morgan fingerprint density at radius 3 is 2.57 bits per heavy atom. The second kappa shape index (κ2) is 7.18. The zero-order valence-electron chi connectivity index (χ0n) is 13.5. The van der Waals surface area contributed by atoms with Gasteiger partial charge in [-0.3, -0.25) is 4.79 Å². The summed E-state index contributed by atoms with van der Waals surface area (Å²) in [5.41, 5.74) is 1.39. The number of ether oxygens (including phenoxy) is 1. The molecular formula is C19H23NO2S. The number of carbonyl (C=O) groups excluding carboxylic acids is 1. The van der Waals surface area contributed by atoms with Crippen LogP contribution in [0.15, 0.2) is 41.8 Å². The summed E-state index contributed by atoms with van der Waals surface area (Å²) in [6, 6.07) is 12.3. The first-order valence-electron chi connectivity index (χ1n) is 8.15. The van der Waals surface area contributed by atoms with Crippen molar-refractivity contribution < 1.29 is 9.53 Å². The van der Waals surface area contributed by atoms with Gasteiger partial charge in [-0.05, 0) is 42.0 Å². The van der Waals surface area contributed by atoms with Crippen molar-refractivity contribution in [2.24, 2.45) is 0 Å². The maximum Gasteiger partial charge on any atom is 0.225 e. The largest absolute Gasteiger partial charge is 0.497 e. The molecule has 0 saturated heterocycles. The monoisotopic (exact) mass is 329 g/mol. The second-order valence-corrected chi connectivity index (χ2v) is 7.28. The van der Waals surface area contributed by atoms with Crippen LogP contribution >= 0.6 is 11.3 Å². The first kappa shape index (κ1) is 16.1. The Morgan fingerprint density at radius 2 is 1.96 bits per heavy atom. The lowest BCUT2D eigenvalue weighted by molar-refractivity contribution is -0.120. The molecule has 1 N–H and O–H groups in total. The van der Waals surface area contributed by atoms with E-state index in [1.54, 1.807) is 18.4 Å². The van der Waals surface area contributed by atoms with Crippen LogP contribution < -0.4 is 10.1 Å². The molecule has 1 heterocycles. The maximum atomic E-state index is 12.2. The third-order valence-corrected chi connectivity index (χ3v) is 5.68. The number of carbonyl (C=O) groups is 1. The van der Waals surface area contributed by atoms with Gasteiger partial charge in [0, 0.05) is 16.8 Å². The fourth-order valence-corrected chi connectivity index (χ4v) is 4.17. The molecule has 1 amide bonds. The van der Waals surface area contributed by atoms with E-state index in [-0.39, 0.29) is 11.3 Å². The molecule has 0 spiro atoms. The Kier molecular flexibility index (Phi) is 5.01. The zero-order valence-corrected chi connectivity index (χ0v) is 14.3. The topological polar surface area (TPSA) is 38.3 Å². The number of hydrogen-bond donors (Lipinski definition) is 1. The smallest absolute Gasteiger partial charge is 0.225 e. The van der Waals surface area contributed by atoms with Crippen LogP contribution in [-0.2, 0) is 16.6 Å². The van der Waals surface area contributed by atoms with Gasteiger partial charge in [-0.25, -0.2) is 0 Å². The van der Waals surface area contributed by atoms with E-state index in [9.17, 15) is 4.79 Å². The van der Waals surface area contributed by atoms with Gasteiger partial charge >= 0.3 is 0 Å². The molecule has 0 bridgehead atoms. The maximum absolute atomic E-state index is 12.2. The number of amides is 1. The molecule has 0 radical (unpaired) electrons. The number of methoxy groups -OCH3 is 1. The molecule has 1 aromatic heterocycles. The Bertz CT molecular complexity index is 628. The van der Waals surface area contributed by atoms with E-state index >= 15 is 0 Å². The van der Waals surface area contributed by atoms with Crippen molar-refractivity contribution in [2.45, 2.75) is 37.5 Å². The molecule has 23 heavy (non-hydrogen) atoms. The first-order valence-corrected chi connectivity index (χ1v) is 9.03. The van der Waals surface area contributed by atoms with Crippen molar-refractivity contribution in [1.29, 1.82) is 0 Å². The molecule has 1 aliphatic carbocycles. The molecule has 1 aromatic carbocycles. The second-order valence-electron chi connectivity index (χ2n) is 6.25. The van der Waals surface area contributed by atoms with Crippen LogP contribution in [0.1, 0.15) is 36.1 Å². The minimum absolute atomic E-state index is 0.0807. The van der Waals surface area contributed by atoms with Crippen LogP contribution in [0.2, 0.25) is 0 Å². The molecular weight excluding hydrogens is 306 g/mol. The quantitative estimate of drug-likeness (QED) is 0.872. The zero-order chi connectivity index (χ0) is 16.1. The van der Waals surface area contributed by atoms with Gasteiger partial charge in [0.1, 0.15) is 5.75 Å². The molecule has 1 saturated carbocycles. The summed E-state index contributed by atoms with van der Waals surface area (Å²) in [6.45, 7) is 0.726. The highest BCUT2D eigenvalue weighted by atomic mass is 32.1. The van der Waals surface area contributed by atoms with E-state index in [0.717, 1.165) is 30.0 Å². The van der Waals surface area contributed by atoms with Crippen molar-refractivity contribution >= 4 is 17.2 Å². The van der Waals surface area contributed by atoms with Gasteiger partial charge in [-0.15, -0.1) is 11.3 Å². The third-order valence-electron chi connectivity index (χ3n) is 4.80. The summed E-state index contributed by atoms with van der Waals surface area (Å²) in [6.07, 6.45) is 5.22. The summed E-state index contributed by atoms with van der Waals surface area (Å²) >= 11 is 1.63. The van der Waals surface area contributed by atoms with Gasteiger partial charge in [0.2, 0.25) is 5.91 Å². The highest BCUT2D eigenvalue weighted by Gasteiger charge is 2.35. The predicted octanol–water partition coefficient (Wildman–Crippen LogP) is 3.93. The standard InChI is InChI=1S/C19H23NO2S/c1-22-16-8-6-15(7-9-16)19(10-2-3-11-19)14-20-18(21)13-17-5-4-12-23-17/h4-9,12H,2-3,10-11,13-14H2,1H3,(H,20,21). The van der Waals surface area contributed by atoms with E-state index in [1.807, 2.05) is 29.6 Å². The Labute approximate surface area is 141 Å². The highest BCUT2D eigenvalue weighted by Crippen LogP contribution is 2.41. The van der Waals surface area contributed by atoms with E-state index in [2.05, 4.69) is 17.4 Å². The number of rotatable bonds is 6. The first-order chi connectivity index (χ1) is 11.2. The Hall–Kier alpha value is -1.81. The van der Waals surface area contributed by atoms with Crippen LogP contribution in [0.4, 0.5) is 0 Å². The van der Waals surface area contributed by atoms with Crippen LogP contribution in [0.5, 0.6) is 5.75 Å². The molecule has 0 unspecified atom stereocenters. The lowest BCUT2D eigenvalue weighted by atomic mass is 9.78.